The van der Waals surface area contributed by atoms with Crippen LogP contribution in [0.1, 0.15) is 15.2 Å². The van der Waals surface area contributed by atoms with Crippen LogP contribution in [-0.2, 0) is 0 Å². The monoisotopic (exact) mass is 359 g/mol. The molecular formula is C11H7Br2NOS. The highest BCUT2D eigenvalue weighted by molar-refractivity contribution is 9.11. The first-order valence-corrected chi connectivity index (χ1v) is 6.89. The minimum absolute atomic E-state index is 0.00579. The van der Waals surface area contributed by atoms with E-state index >= 15 is 0 Å². The molecule has 0 aliphatic rings. The third kappa shape index (κ3) is 2.21. The summed E-state index contributed by atoms with van der Waals surface area (Å²) in [6, 6.07) is 7.05. The molecule has 2 nitrogen and oxygen atoms in total. The largest absolute Gasteiger partial charge is 0.399 e. The second-order valence-electron chi connectivity index (χ2n) is 3.17. The molecule has 0 unspecified atom stereocenters. The molecule has 5 heteroatoms. The molecule has 16 heavy (non-hydrogen) atoms. The lowest BCUT2D eigenvalue weighted by Crippen LogP contribution is -2.01. The lowest BCUT2D eigenvalue weighted by atomic mass is 10.1. The van der Waals surface area contributed by atoms with Gasteiger partial charge in [0.05, 0.1) is 4.88 Å². The van der Waals surface area contributed by atoms with E-state index in [0.29, 0.717) is 16.1 Å². The zero-order chi connectivity index (χ0) is 11.7. The Labute approximate surface area is 114 Å². The van der Waals surface area contributed by atoms with Gasteiger partial charge in [0.2, 0.25) is 5.78 Å². The van der Waals surface area contributed by atoms with Crippen LogP contribution in [0.3, 0.4) is 0 Å². The molecule has 0 bridgehead atoms. The van der Waals surface area contributed by atoms with Crippen LogP contribution in [0, 0.1) is 0 Å². The van der Waals surface area contributed by atoms with Gasteiger partial charge in [0, 0.05) is 20.2 Å². The summed E-state index contributed by atoms with van der Waals surface area (Å²) in [5.74, 6) is -0.00579. The van der Waals surface area contributed by atoms with E-state index in [4.69, 9.17) is 5.73 Å². The van der Waals surface area contributed by atoms with E-state index in [-0.39, 0.29) is 5.78 Å². The van der Waals surface area contributed by atoms with Crippen LogP contribution in [-0.4, -0.2) is 5.78 Å². The van der Waals surface area contributed by atoms with Crippen LogP contribution in [0.5, 0.6) is 0 Å². The van der Waals surface area contributed by atoms with Crippen molar-refractivity contribution in [2.45, 2.75) is 0 Å². The summed E-state index contributed by atoms with van der Waals surface area (Å²) in [6.45, 7) is 0. The molecule has 0 spiro atoms. The van der Waals surface area contributed by atoms with Gasteiger partial charge in [-0.1, -0.05) is 0 Å². The Morgan fingerprint density at radius 1 is 1.19 bits per heavy atom. The Hall–Kier alpha value is -0.650. The summed E-state index contributed by atoms with van der Waals surface area (Å²) in [6.07, 6.45) is 0. The van der Waals surface area contributed by atoms with Gasteiger partial charge in [0.25, 0.3) is 0 Å². The molecule has 1 aromatic carbocycles. The molecule has 0 saturated heterocycles. The van der Waals surface area contributed by atoms with Gasteiger partial charge in [-0.15, -0.1) is 11.3 Å². The number of carbonyl (C=O) groups excluding carboxylic acids is 1. The zero-order valence-electron chi connectivity index (χ0n) is 8.04. The van der Waals surface area contributed by atoms with Gasteiger partial charge >= 0.3 is 0 Å². The van der Waals surface area contributed by atoms with Gasteiger partial charge in [-0.3, -0.25) is 4.79 Å². The SMILES string of the molecule is Nc1ccc(C(=O)c2sccc2Br)c(Br)c1. The minimum Gasteiger partial charge on any atom is -0.399 e. The van der Waals surface area contributed by atoms with Crippen LogP contribution in [0.4, 0.5) is 5.69 Å². The van der Waals surface area contributed by atoms with E-state index in [0.717, 1.165) is 8.95 Å². The number of rotatable bonds is 2. The fourth-order valence-corrected chi connectivity index (χ4v) is 3.38. The van der Waals surface area contributed by atoms with E-state index in [1.807, 2.05) is 11.4 Å². The van der Waals surface area contributed by atoms with Gasteiger partial charge in [0.1, 0.15) is 0 Å². The highest BCUT2D eigenvalue weighted by atomic mass is 79.9. The topological polar surface area (TPSA) is 43.1 Å². The normalized spacial score (nSPS) is 10.4. The van der Waals surface area contributed by atoms with Gasteiger partial charge in [-0.25, -0.2) is 0 Å². The molecule has 1 heterocycles. The van der Waals surface area contributed by atoms with Gasteiger partial charge in [0.15, 0.2) is 0 Å². The summed E-state index contributed by atoms with van der Waals surface area (Å²) in [5.41, 5.74) is 6.88. The molecule has 0 amide bonds. The summed E-state index contributed by atoms with van der Waals surface area (Å²) in [4.78, 5) is 12.9. The van der Waals surface area contributed by atoms with E-state index in [9.17, 15) is 4.79 Å². The van der Waals surface area contributed by atoms with Crippen molar-refractivity contribution >= 4 is 54.7 Å². The van der Waals surface area contributed by atoms with Crippen LogP contribution >= 0.6 is 43.2 Å². The molecule has 0 radical (unpaired) electrons. The Balaban J connectivity index is 2.46. The summed E-state index contributed by atoms with van der Waals surface area (Å²) in [5, 5.41) is 1.88. The smallest absolute Gasteiger partial charge is 0.205 e. The summed E-state index contributed by atoms with van der Waals surface area (Å²) < 4.78 is 1.55. The predicted octanol–water partition coefficient (Wildman–Crippen LogP) is 4.09. The number of anilines is 1. The third-order valence-electron chi connectivity index (χ3n) is 2.06. The molecule has 0 aliphatic heterocycles. The lowest BCUT2D eigenvalue weighted by Gasteiger charge is -2.03. The lowest BCUT2D eigenvalue weighted by molar-refractivity contribution is 0.104. The number of halogens is 2. The first-order chi connectivity index (χ1) is 7.59. The Morgan fingerprint density at radius 3 is 2.50 bits per heavy atom. The molecule has 2 aromatic rings. The fourth-order valence-electron chi connectivity index (χ4n) is 1.29. The van der Waals surface area contributed by atoms with Crippen molar-refractivity contribution in [2.75, 3.05) is 5.73 Å². The fraction of sp³-hybridized carbons (Fsp3) is 0. The molecular weight excluding hydrogens is 354 g/mol. The highest BCUT2D eigenvalue weighted by Gasteiger charge is 2.16. The summed E-state index contributed by atoms with van der Waals surface area (Å²) in [7, 11) is 0. The third-order valence-corrected chi connectivity index (χ3v) is 4.55. The predicted molar refractivity (Wildman–Crippen MR) is 74.0 cm³/mol. The van der Waals surface area contributed by atoms with E-state index in [2.05, 4.69) is 31.9 Å². The van der Waals surface area contributed by atoms with Crippen LogP contribution in [0.15, 0.2) is 38.6 Å². The van der Waals surface area contributed by atoms with Crippen molar-refractivity contribution in [1.82, 2.24) is 0 Å². The molecule has 2 N–H and O–H groups in total. The van der Waals surface area contributed by atoms with Crippen molar-refractivity contribution in [2.24, 2.45) is 0 Å². The number of hydrogen-bond donors (Lipinski definition) is 1. The number of nitrogen functional groups attached to an aromatic ring is 1. The maximum Gasteiger partial charge on any atom is 0.205 e. The minimum atomic E-state index is -0.00579. The molecule has 0 fully saturated rings. The van der Waals surface area contributed by atoms with E-state index in [1.165, 1.54) is 11.3 Å². The highest BCUT2D eigenvalue weighted by Crippen LogP contribution is 2.29. The van der Waals surface area contributed by atoms with Gasteiger partial charge in [-0.05, 0) is 61.5 Å². The second kappa shape index (κ2) is 4.69. The molecule has 0 aliphatic carbocycles. The van der Waals surface area contributed by atoms with Crippen LogP contribution < -0.4 is 5.73 Å². The first kappa shape index (κ1) is 11.8. The number of thiophene rings is 1. The van der Waals surface area contributed by atoms with Crippen LogP contribution in [0.25, 0.3) is 0 Å². The van der Waals surface area contributed by atoms with E-state index < -0.39 is 0 Å². The van der Waals surface area contributed by atoms with Crippen molar-refractivity contribution in [1.29, 1.82) is 0 Å². The Morgan fingerprint density at radius 2 is 1.94 bits per heavy atom. The molecule has 2 rings (SSSR count). The van der Waals surface area contributed by atoms with Gasteiger partial charge < -0.3 is 5.73 Å². The maximum absolute atomic E-state index is 12.2. The maximum atomic E-state index is 12.2. The van der Waals surface area contributed by atoms with Crippen LogP contribution in [0.2, 0.25) is 0 Å². The van der Waals surface area contributed by atoms with Crippen molar-refractivity contribution in [3.8, 4) is 0 Å². The van der Waals surface area contributed by atoms with Gasteiger partial charge in [-0.2, -0.15) is 0 Å². The Kier molecular flexibility index (Phi) is 3.47. The number of ketones is 1. The number of carbonyl (C=O) groups is 1. The Bertz CT molecular complexity index is 551. The standard InChI is InChI=1S/C11H7Br2NOS/c12-8-3-4-16-11(8)10(15)7-2-1-6(14)5-9(7)13/h1-5H,14H2. The van der Waals surface area contributed by atoms with Crippen molar-refractivity contribution < 1.29 is 4.79 Å². The second-order valence-corrected chi connectivity index (χ2v) is 5.79. The van der Waals surface area contributed by atoms with Crippen molar-refractivity contribution in [3.05, 3.63) is 49.0 Å². The quantitative estimate of drug-likeness (QED) is 0.647. The molecule has 0 saturated carbocycles. The van der Waals surface area contributed by atoms with Crippen molar-refractivity contribution in [3.63, 3.8) is 0 Å². The zero-order valence-corrected chi connectivity index (χ0v) is 12.0. The average molecular weight is 361 g/mol. The first-order valence-electron chi connectivity index (χ1n) is 4.42. The average Bonchev–Trinajstić information content (AvgIpc) is 2.63. The van der Waals surface area contributed by atoms with E-state index in [1.54, 1.807) is 18.2 Å². The molecule has 82 valence electrons. The number of nitrogens with two attached hydrogens (primary N) is 1. The number of benzene rings is 1. The molecule has 0 atom stereocenters. The summed E-state index contributed by atoms with van der Waals surface area (Å²) >= 11 is 8.12. The number of hydrogen-bond acceptors (Lipinski definition) is 3. The molecule has 1 aromatic heterocycles.